The first kappa shape index (κ1) is 15.6. The highest BCUT2D eigenvalue weighted by Crippen LogP contribution is 2.36. The lowest BCUT2D eigenvalue weighted by molar-refractivity contribution is 0.466. The zero-order chi connectivity index (χ0) is 17.4. The fraction of sp³-hybridized carbons (Fsp3) is 0.238. The Kier molecular flexibility index (Phi) is 3.88. The Hall–Kier alpha value is -2.88. The van der Waals surface area contributed by atoms with E-state index in [0.29, 0.717) is 11.3 Å². The molecule has 4 rings (SSSR count). The number of ether oxygens (including phenoxy) is 1. The number of nitrogens with zero attached hydrogens (tertiary/aromatic N) is 2. The highest BCUT2D eigenvalue weighted by atomic mass is 16.5. The highest BCUT2D eigenvalue weighted by molar-refractivity contribution is 5.63. The summed E-state index contributed by atoms with van der Waals surface area (Å²) in [6.07, 6.45) is 7.34. The largest absolute Gasteiger partial charge is 0.455 e. The van der Waals surface area contributed by atoms with E-state index >= 15 is 0 Å². The van der Waals surface area contributed by atoms with Gasteiger partial charge in [0.25, 0.3) is 5.56 Å². The Labute approximate surface area is 146 Å². The molecule has 4 heteroatoms. The summed E-state index contributed by atoms with van der Waals surface area (Å²) in [5, 5.41) is 0. The normalized spacial score (nSPS) is 13.7. The second-order valence-corrected chi connectivity index (χ2v) is 6.59. The third-order valence-electron chi connectivity index (χ3n) is 4.58. The molecule has 0 amide bonds. The molecule has 1 saturated carbocycles. The smallest absolute Gasteiger partial charge is 0.258 e. The number of para-hydroxylation sites is 1. The van der Waals surface area contributed by atoms with Crippen molar-refractivity contribution in [1.29, 1.82) is 0 Å². The molecule has 1 aliphatic carbocycles. The van der Waals surface area contributed by atoms with Gasteiger partial charge in [0.1, 0.15) is 11.5 Å². The maximum atomic E-state index is 12.9. The predicted octanol–water partition coefficient (Wildman–Crippen LogP) is 4.65. The van der Waals surface area contributed by atoms with Crippen LogP contribution < -0.4 is 10.3 Å². The van der Waals surface area contributed by atoms with E-state index in [1.807, 2.05) is 61.0 Å². The minimum atomic E-state index is 0.0301. The summed E-state index contributed by atoms with van der Waals surface area (Å²) in [6.45, 7) is 4.06. The van der Waals surface area contributed by atoms with Crippen LogP contribution in [0.5, 0.6) is 11.5 Å². The van der Waals surface area contributed by atoms with Crippen LogP contribution in [0, 0.1) is 13.8 Å². The van der Waals surface area contributed by atoms with E-state index in [9.17, 15) is 4.79 Å². The number of benzene rings is 1. The quantitative estimate of drug-likeness (QED) is 0.698. The molecule has 1 aromatic carbocycles. The van der Waals surface area contributed by atoms with Gasteiger partial charge in [-0.15, -0.1) is 0 Å². The second-order valence-electron chi connectivity index (χ2n) is 6.59. The molecule has 0 bridgehead atoms. The Bertz CT molecular complexity index is 953. The average Bonchev–Trinajstić information content (AvgIpc) is 3.45. The van der Waals surface area contributed by atoms with E-state index in [1.165, 1.54) is 0 Å². The monoisotopic (exact) mass is 332 g/mol. The van der Waals surface area contributed by atoms with Crippen molar-refractivity contribution < 1.29 is 4.74 Å². The average molecular weight is 332 g/mol. The van der Waals surface area contributed by atoms with Gasteiger partial charge in [-0.3, -0.25) is 9.78 Å². The van der Waals surface area contributed by atoms with Gasteiger partial charge in [-0.1, -0.05) is 18.2 Å². The number of hydrogen-bond acceptors (Lipinski definition) is 3. The van der Waals surface area contributed by atoms with Crippen molar-refractivity contribution in [3.8, 4) is 22.6 Å². The molecule has 0 atom stereocenters. The highest BCUT2D eigenvalue weighted by Gasteiger charge is 2.26. The van der Waals surface area contributed by atoms with Crippen LogP contribution in [0.4, 0.5) is 0 Å². The van der Waals surface area contributed by atoms with Crippen LogP contribution in [0.3, 0.4) is 0 Å². The summed E-state index contributed by atoms with van der Waals surface area (Å²) in [6, 6.07) is 11.9. The molecule has 1 aliphatic rings. The third-order valence-corrected chi connectivity index (χ3v) is 4.58. The SMILES string of the molecule is Cc1cccc(C)c1Oc1cc(-c2ccncc2)c(=O)n(C2CC2)c1. The fourth-order valence-corrected chi connectivity index (χ4v) is 3.07. The zero-order valence-electron chi connectivity index (χ0n) is 14.4. The summed E-state index contributed by atoms with van der Waals surface area (Å²) >= 11 is 0. The molecule has 25 heavy (non-hydrogen) atoms. The van der Waals surface area contributed by atoms with E-state index in [2.05, 4.69) is 4.98 Å². The topological polar surface area (TPSA) is 44.1 Å². The maximum Gasteiger partial charge on any atom is 0.258 e. The lowest BCUT2D eigenvalue weighted by Gasteiger charge is -2.15. The van der Waals surface area contributed by atoms with Gasteiger partial charge in [0.2, 0.25) is 0 Å². The lowest BCUT2D eigenvalue weighted by atomic mass is 10.1. The molecule has 2 heterocycles. The van der Waals surface area contributed by atoms with Crippen molar-refractivity contribution in [3.63, 3.8) is 0 Å². The zero-order valence-corrected chi connectivity index (χ0v) is 14.4. The minimum Gasteiger partial charge on any atom is -0.455 e. The molecule has 3 aromatic rings. The van der Waals surface area contributed by atoms with Crippen molar-refractivity contribution in [2.75, 3.05) is 0 Å². The van der Waals surface area contributed by atoms with Gasteiger partial charge in [-0.2, -0.15) is 0 Å². The van der Waals surface area contributed by atoms with Crippen molar-refractivity contribution in [2.24, 2.45) is 0 Å². The van der Waals surface area contributed by atoms with Crippen LogP contribution in [0.15, 0.2) is 59.8 Å². The number of hydrogen-bond donors (Lipinski definition) is 0. The first-order valence-electron chi connectivity index (χ1n) is 8.54. The Balaban J connectivity index is 1.83. The van der Waals surface area contributed by atoms with Gasteiger partial charge in [0, 0.05) is 18.4 Å². The van der Waals surface area contributed by atoms with E-state index in [0.717, 1.165) is 35.3 Å². The second kappa shape index (κ2) is 6.20. The van der Waals surface area contributed by atoms with Crippen LogP contribution in [0.25, 0.3) is 11.1 Å². The van der Waals surface area contributed by atoms with Gasteiger partial charge in [-0.05, 0) is 61.6 Å². The van der Waals surface area contributed by atoms with E-state index < -0.39 is 0 Å². The number of pyridine rings is 2. The van der Waals surface area contributed by atoms with Crippen LogP contribution in [0.2, 0.25) is 0 Å². The molecular formula is C21H20N2O2. The molecule has 0 saturated heterocycles. The summed E-state index contributed by atoms with van der Waals surface area (Å²) in [5.41, 5.74) is 3.70. The van der Waals surface area contributed by atoms with Crippen molar-refractivity contribution >= 4 is 0 Å². The first-order valence-corrected chi connectivity index (χ1v) is 8.54. The molecule has 0 spiro atoms. The van der Waals surface area contributed by atoms with E-state index in [4.69, 9.17) is 4.74 Å². The summed E-state index contributed by atoms with van der Waals surface area (Å²) in [4.78, 5) is 16.9. The summed E-state index contributed by atoms with van der Waals surface area (Å²) in [7, 11) is 0. The maximum absolute atomic E-state index is 12.9. The fourth-order valence-electron chi connectivity index (χ4n) is 3.07. The molecule has 0 unspecified atom stereocenters. The van der Waals surface area contributed by atoms with Gasteiger partial charge >= 0.3 is 0 Å². The summed E-state index contributed by atoms with van der Waals surface area (Å²) in [5.74, 6) is 1.54. The van der Waals surface area contributed by atoms with Gasteiger partial charge in [-0.25, -0.2) is 0 Å². The lowest BCUT2D eigenvalue weighted by Crippen LogP contribution is -2.20. The minimum absolute atomic E-state index is 0.0301. The number of rotatable bonds is 4. The van der Waals surface area contributed by atoms with Crippen molar-refractivity contribution in [3.05, 3.63) is 76.5 Å². The Morgan fingerprint density at radius 2 is 1.76 bits per heavy atom. The Morgan fingerprint density at radius 1 is 1.08 bits per heavy atom. The van der Waals surface area contributed by atoms with Crippen LogP contribution in [-0.4, -0.2) is 9.55 Å². The van der Waals surface area contributed by atoms with Crippen LogP contribution in [-0.2, 0) is 0 Å². The third kappa shape index (κ3) is 3.07. The van der Waals surface area contributed by atoms with Crippen molar-refractivity contribution in [2.45, 2.75) is 32.7 Å². The molecular weight excluding hydrogens is 312 g/mol. The Morgan fingerprint density at radius 3 is 2.40 bits per heavy atom. The summed E-state index contributed by atoms with van der Waals surface area (Å²) < 4.78 is 8.02. The standard InChI is InChI=1S/C21H20N2O2/c1-14-4-3-5-15(2)20(14)25-18-12-19(16-8-10-22-11-9-16)21(24)23(13-18)17-6-7-17/h3-5,8-13,17H,6-7H2,1-2H3. The molecule has 0 radical (unpaired) electrons. The van der Waals surface area contributed by atoms with Gasteiger partial charge in [0.05, 0.1) is 11.8 Å². The molecule has 1 fully saturated rings. The first-order chi connectivity index (χ1) is 12.1. The van der Waals surface area contributed by atoms with Crippen LogP contribution >= 0.6 is 0 Å². The van der Waals surface area contributed by atoms with E-state index in [-0.39, 0.29) is 11.6 Å². The van der Waals surface area contributed by atoms with Gasteiger partial charge in [0.15, 0.2) is 0 Å². The van der Waals surface area contributed by atoms with Gasteiger partial charge < -0.3 is 9.30 Å². The van der Waals surface area contributed by atoms with Crippen molar-refractivity contribution in [1.82, 2.24) is 9.55 Å². The predicted molar refractivity (Wildman–Crippen MR) is 98.2 cm³/mol. The molecule has 0 N–H and O–H groups in total. The number of aryl methyl sites for hydroxylation is 2. The number of aromatic nitrogens is 2. The molecule has 4 nitrogen and oxygen atoms in total. The molecule has 126 valence electrons. The van der Waals surface area contributed by atoms with Crippen LogP contribution in [0.1, 0.15) is 30.0 Å². The van der Waals surface area contributed by atoms with E-state index in [1.54, 1.807) is 12.4 Å². The molecule has 2 aromatic heterocycles. The molecule has 0 aliphatic heterocycles.